The Kier molecular flexibility index (Phi) is 5.37. The average molecular weight is 208 g/mol. The number of hydrogen-bond donors (Lipinski definition) is 0. The summed E-state index contributed by atoms with van der Waals surface area (Å²) in [4.78, 5) is 0. The largest absolute Gasteiger partial charge is 0.379 e. The molecule has 0 aliphatic heterocycles. The van der Waals surface area contributed by atoms with Crippen LogP contribution >= 0.6 is 0 Å². The molecular formula is C13H20O2. The molecule has 0 aromatic heterocycles. The fourth-order valence-corrected chi connectivity index (χ4v) is 1.51. The third-order valence-corrected chi connectivity index (χ3v) is 2.60. The molecule has 0 aliphatic carbocycles. The van der Waals surface area contributed by atoms with Gasteiger partial charge in [0.2, 0.25) is 0 Å². The summed E-state index contributed by atoms with van der Waals surface area (Å²) >= 11 is 0. The molecule has 0 bridgehead atoms. The summed E-state index contributed by atoms with van der Waals surface area (Å²) in [7, 11) is 1.72. The van der Waals surface area contributed by atoms with Crippen LogP contribution in [-0.4, -0.2) is 19.3 Å². The molecule has 1 rings (SSSR count). The molecule has 0 saturated heterocycles. The summed E-state index contributed by atoms with van der Waals surface area (Å²) in [5.74, 6) is 0. The zero-order valence-electron chi connectivity index (χ0n) is 9.77. The molecule has 1 aromatic carbocycles. The van der Waals surface area contributed by atoms with Gasteiger partial charge in [-0.3, -0.25) is 0 Å². The van der Waals surface area contributed by atoms with Crippen molar-refractivity contribution in [2.75, 3.05) is 7.11 Å². The Morgan fingerprint density at radius 3 is 2.40 bits per heavy atom. The average Bonchev–Trinajstić information content (AvgIpc) is 2.31. The fraction of sp³-hybridized carbons (Fsp3) is 0.538. The molecule has 2 heteroatoms. The molecule has 0 aliphatic rings. The van der Waals surface area contributed by atoms with E-state index in [0.29, 0.717) is 6.61 Å². The van der Waals surface area contributed by atoms with Gasteiger partial charge in [0.05, 0.1) is 18.8 Å². The van der Waals surface area contributed by atoms with Crippen molar-refractivity contribution in [3.63, 3.8) is 0 Å². The number of hydrogen-bond acceptors (Lipinski definition) is 2. The van der Waals surface area contributed by atoms with Crippen LogP contribution in [-0.2, 0) is 16.1 Å². The zero-order chi connectivity index (χ0) is 11.1. The molecule has 0 N–H and O–H groups in total. The molecule has 0 radical (unpaired) electrons. The van der Waals surface area contributed by atoms with Gasteiger partial charge in [-0.1, -0.05) is 37.3 Å². The molecular weight excluding hydrogens is 188 g/mol. The highest BCUT2D eigenvalue weighted by atomic mass is 16.5. The van der Waals surface area contributed by atoms with Gasteiger partial charge in [-0.2, -0.15) is 0 Å². The Labute approximate surface area is 92.2 Å². The van der Waals surface area contributed by atoms with Gasteiger partial charge in [-0.15, -0.1) is 0 Å². The summed E-state index contributed by atoms with van der Waals surface area (Å²) in [5, 5.41) is 0. The maximum absolute atomic E-state index is 5.80. The third-order valence-electron chi connectivity index (χ3n) is 2.60. The first-order chi connectivity index (χ1) is 7.27. The van der Waals surface area contributed by atoms with E-state index in [1.807, 2.05) is 25.1 Å². The Balaban J connectivity index is 2.41. The SMILES string of the molecule is CC[C@@H](OCc1ccccc1)C(C)OC. The van der Waals surface area contributed by atoms with Crippen LogP contribution in [0.1, 0.15) is 25.8 Å². The predicted octanol–water partition coefficient (Wildman–Crippen LogP) is 3.02. The quantitative estimate of drug-likeness (QED) is 0.715. The van der Waals surface area contributed by atoms with Crippen molar-refractivity contribution in [3.05, 3.63) is 35.9 Å². The first-order valence-electron chi connectivity index (χ1n) is 5.46. The van der Waals surface area contributed by atoms with Crippen molar-refractivity contribution >= 4 is 0 Å². The lowest BCUT2D eigenvalue weighted by atomic mass is 10.1. The van der Waals surface area contributed by atoms with Gasteiger partial charge < -0.3 is 9.47 Å². The van der Waals surface area contributed by atoms with Crippen LogP contribution in [0.3, 0.4) is 0 Å². The summed E-state index contributed by atoms with van der Waals surface area (Å²) in [6.45, 7) is 4.82. The second kappa shape index (κ2) is 6.59. The van der Waals surface area contributed by atoms with Gasteiger partial charge >= 0.3 is 0 Å². The number of benzene rings is 1. The van der Waals surface area contributed by atoms with E-state index in [2.05, 4.69) is 19.1 Å². The van der Waals surface area contributed by atoms with E-state index in [-0.39, 0.29) is 12.2 Å². The second-order valence-corrected chi connectivity index (χ2v) is 3.68. The van der Waals surface area contributed by atoms with Gasteiger partial charge in [0.15, 0.2) is 0 Å². The van der Waals surface area contributed by atoms with Crippen molar-refractivity contribution in [1.82, 2.24) is 0 Å². The van der Waals surface area contributed by atoms with Crippen LogP contribution in [0.25, 0.3) is 0 Å². The molecule has 0 saturated carbocycles. The fourth-order valence-electron chi connectivity index (χ4n) is 1.51. The monoisotopic (exact) mass is 208 g/mol. The zero-order valence-corrected chi connectivity index (χ0v) is 9.77. The van der Waals surface area contributed by atoms with Crippen LogP contribution in [0, 0.1) is 0 Å². The Hall–Kier alpha value is -0.860. The molecule has 15 heavy (non-hydrogen) atoms. The van der Waals surface area contributed by atoms with E-state index in [0.717, 1.165) is 6.42 Å². The maximum Gasteiger partial charge on any atom is 0.0835 e. The van der Waals surface area contributed by atoms with Crippen LogP contribution in [0.5, 0.6) is 0 Å². The molecule has 0 heterocycles. The van der Waals surface area contributed by atoms with Gasteiger partial charge in [0.25, 0.3) is 0 Å². The van der Waals surface area contributed by atoms with E-state index < -0.39 is 0 Å². The Bertz CT molecular complexity index is 258. The topological polar surface area (TPSA) is 18.5 Å². The number of rotatable bonds is 6. The lowest BCUT2D eigenvalue weighted by Crippen LogP contribution is -2.27. The van der Waals surface area contributed by atoms with Gasteiger partial charge in [0.1, 0.15) is 0 Å². The van der Waals surface area contributed by atoms with Crippen molar-refractivity contribution < 1.29 is 9.47 Å². The molecule has 2 nitrogen and oxygen atoms in total. The lowest BCUT2D eigenvalue weighted by molar-refractivity contribution is -0.0569. The standard InChI is InChI=1S/C13H20O2/c1-4-13(11(2)14-3)15-10-12-8-6-5-7-9-12/h5-9,11,13H,4,10H2,1-3H3/t11?,13-/m1/s1. The van der Waals surface area contributed by atoms with Crippen LogP contribution in [0.4, 0.5) is 0 Å². The van der Waals surface area contributed by atoms with Crippen molar-refractivity contribution in [2.45, 2.75) is 39.1 Å². The normalized spacial score (nSPS) is 14.9. The molecule has 2 atom stereocenters. The van der Waals surface area contributed by atoms with Gasteiger partial charge in [-0.25, -0.2) is 0 Å². The Morgan fingerprint density at radius 2 is 1.87 bits per heavy atom. The van der Waals surface area contributed by atoms with E-state index in [1.165, 1.54) is 5.56 Å². The van der Waals surface area contributed by atoms with Gasteiger partial charge in [0, 0.05) is 7.11 Å². The molecule has 0 fully saturated rings. The highest BCUT2D eigenvalue weighted by Crippen LogP contribution is 2.10. The van der Waals surface area contributed by atoms with E-state index in [4.69, 9.17) is 9.47 Å². The number of methoxy groups -OCH3 is 1. The third kappa shape index (κ3) is 4.02. The minimum Gasteiger partial charge on any atom is -0.379 e. The Morgan fingerprint density at radius 1 is 1.20 bits per heavy atom. The van der Waals surface area contributed by atoms with Crippen molar-refractivity contribution in [2.24, 2.45) is 0 Å². The van der Waals surface area contributed by atoms with Crippen LogP contribution in [0.2, 0.25) is 0 Å². The molecule has 84 valence electrons. The van der Waals surface area contributed by atoms with Gasteiger partial charge in [-0.05, 0) is 18.9 Å². The summed E-state index contributed by atoms with van der Waals surface area (Å²) in [5.41, 5.74) is 1.21. The summed E-state index contributed by atoms with van der Waals surface area (Å²) in [6.07, 6.45) is 1.30. The molecule has 0 spiro atoms. The molecule has 1 unspecified atom stereocenters. The maximum atomic E-state index is 5.80. The minimum atomic E-state index is 0.152. The molecule has 1 aromatic rings. The minimum absolute atomic E-state index is 0.152. The molecule has 0 amide bonds. The highest BCUT2D eigenvalue weighted by molar-refractivity contribution is 5.13. The van der Waals surface area contributed by atoms with E-state index >= 15 is 0 Å². The van der Waals surface area contributed by atoms with Crippen LogP contribution in [0.15, 0.2) is 30.3 Å². The summed E-state index contributed by atoms with van der Waals surface area (Å²) in [6, 6.07) is 10.2. The van der Waals surface area contributed by atoms with Crippen molar-refractivity contribution in [1.29, 1.82) is 0 Å². The first-order valence-corrected chi connectivity index (χ1v) is 5.46. The smallest absolute Gasteiger partial charge is 0.0835 e. The highest BCUT2D eigenvalue weighted by Gasteiger charge is 2.14. The van der Waals surface area contributed by atoms with Crippen molar-refractivity contribution in [3.8, 4) is 0 Å². The number of ether oxygens (including phenoxy) is 2. The predicted molar refractivity (Wildman–Crippen MR) is 61.8 cm³/mol. The summed E-state index contributed by atoms with van der Waals surface area (Å²) < 4.78 is 11.1. The first kappa shape index (κ1) is 12.2. The second-order valence-electron chi connectivity index (χ2n) is 3.68. The van der Waals surface area contributed by atoms with E-state index in [9.17, 15) is 0 Å². The van der Waals surface area contributed by atoms with Crippen LogP contribution < -0.4 is 0 Å². The lowest BCUT2D eigenvalue weighted by Gasteiger charge is -2.21. The van der Waals surface area contributed by atoms with E-state index in [1.54, 1.807) is 7.11 Å².